The van der Waals surface area contributed by atoms with E-state index in [4.69, 9.17) is 4.74 Å². The first-order chi connectivity index (χ1) is 10.2. The van der Waals surface area contributed by atoms with Crippen molar-refractivity contribution in [1.82, 2.24) is 10.3 Å². The predicted molar refractivity (Wildman–Crippen MR) is 89.2 cm³/mol. The van der Waals surface area contributed by atoms with Crippen molar-refractivity contribution in [1.29, 1.82) is 0 Å². The molecule has 0 radical (unpaired) electrons. The molecule has 2 aromatic rings. The Morgan fingerprint density at radius 1 is 1.29 bits per heavy atom. The lowest BCUT2D eigenvalue weighted by Crippen LogP contribution is -2.18. The molecule has 0 aliphatic carbocycles. The van der Waals surface area contributed by atoms with Gasteiger partial charge in [0.2, 0.25) is 0 Å². The van der Waals surface area contributed by atoms with Gasteiger partial charge in [-0.05, 0) is 38.1 Å². The van der Waals surface area contributed by atoms with Gasteiger partial charge < -0.3 is 10.1 Å². The molecule has 1 aromatic heterocycles. The van der Waals surface area contributed by atoms with Gasteiger partial charge in [-0.15, -0.1) is 11.3 Å². The summed E-state index contributed by atoms with van der Waals surface area (Å²) in [5.74, 6) is 0.951. The van der Waals surface area contributed by atoms with Gasteiger partial charge in [0.1, 0.15) is 5.75 Å². The highest BCUT2D eigenvalue weighted by atomic mass is 32.1. The van der Waals surface area contributed by atoms with Crippen LogP contribution in [0, 0.1) is 6.92 Å². The zero-order valence-electron chi connectivity index (χ0n) is 13.1. The molecule has 0 spiro atoms. The van der Waals surface area contributed by atoms with Crippen LogP contribution in [0.3, 0.4) is 0 Å². The van der Waals surface area contributed by atoms with Gasteiger partial charge in [-0.1, -0.05) is 25.5 Å². The second kappa shape index (κ2) is 8.15. The van der Waals surface area contributed by atoms with Crippen molar-refractivity contribution in [3.63, 3.8) is 0 Å². The standard InChI is InChI=1S/C17H24N2OS/c1-4-5-10-20-15-8-6-14(7-9-15)16(18-3)11-17-19-13(2)12-21-17/h6-9,12,16,18H,4-5,10-11H2,1-3H3. The lowest BCUT2D eigenvalue weighted by molar-refractivity contribution is 0.309. The van der Waals surface area contributed by atoms with Crippen molar-refractivity contribution < 1.29 is 4.74 Å². The molecule has 0 amide bonds. The van der Waals surface area contributed by atoms with Gasteiger partial charge in [0.25, 0.3) is 0 Å². The summed E-state index contributed by atoms with van der Waals surface area (Å²) in [7, 11) is 2.00. The fourth-order valence-corrected chi connectivity index (χ4v) is 3.01. The Morgan fingerprint density at radius 2 is 2.05 bits per heavy atom. The maximum absolute atomic E-state index is 5.71. The van der Waals surface area contributed by atoms with Gasteiger partial charge in [0, 0.05) is 23.5 Å². The molecular formula is C17H24N2OS. The first-order valence-corrected chi connectivity index (χ1v) is 8.42. The Bertz CT molecular complexity index is 536. The quantitative estimate of drug-likeness (QED) is 0.744. The van der Waals surface area contributed by atoms with E-state index in [0.717, 1.165) is 37.3 Å². The number of ether oxygens (including phenoxy) is 1. The second-order valence-corrected chi connectivity index (χ2v) is 6.14. The molecule has 0 aliphatic heterocycles. The maximum atomic E-state index is 5.71. The van der Waals surface area contributed by atoms with Crippen LogP contribution in [0.1, 0.15) is 42.1 Å². The first kappa shape index (κ1) is 16.0. The van der Waals surface area contributed by atoms with Crippen molar-refractivity contribution in [3.05, 3.63) is 45.9 Å². The minimum atomic E-state index is 0.292. The fourth-order valence-electron chi connectivity index (χ4n) is 2.19. The Morgan fingerprint density at radius 3 is 2.62 bits per heavy atom. The molecule has 1 heterocycles. The SMILES string of the molecule is CCCCOc1ccc(C(Cc2nc(C)cs2)NC)cc1. The van der Waals surface area contributed by atoms with Crippen molar-refractivity contribution in [2.24, 2.45) is 0 Å². The van der Waals surface area contributed by atoms with Crippen LogP contribution < -0.4 is 10.1 Å². The topological polar surface area (TPSA) is 34.1 Å². The third-order valence-electron chi connectivity index (χ3n) is 3.44. The van der Waals surface area contributed by atoms with Crippen LogP contribution in [0.25, 0.3) is 0 Å². The number of aryl methyl sites for hydroxylation is 1. The molecule has 0 saturated heterocycles. The monoisotopic (exact) mass is 304 g/mol. The van der Waals surface area contributed by atoms with Crippen molar-refractivity contribution in [3.8, 4) is 5.75 Å². The summed E-state index contributed by atoms with van der Waals surface area (Å²) in [6, 6.07) is 8.69. The smallest absolute Gasteiger partial charge is 0.119 e. The first-order valence-electron chi connectivity index (χ1n) is 7.54. The van der Waals surface area contributed by atoms with E-state index in [0.29, 0.717) is 6.04 Å². The molecule has 0 bridgehead atoms. The van der Waals surface area contributed by atoms with E-state index in [9.17, 15) is 0 Å². The van der Waals surface area contributed by atoms with Crippen molar-refractivity contribution >= 4 is 11.3 Å². The van der Waals surface area contributed by atoms with Gasteiger partial charge in [-0.2, -0.15) is 0 Å². The average molecular weight is 304 g/mol. The Hall–Kier alpha value is -1.39. The van der Waals surface area contributed by atoms with Crippen LogP contribution >= 0.6 is 11.3 Å². The highest BCUT2D eigenvalue weighted by Crippen LogP contribution is 2.22. The zero-order valence-corrected chi connectivity index (χ0v) is 13.9. The molecule has 0 saturated carbocycles. The van der Waals surface area contributed by atoms with Gasteiger partial charge in [-0.25, -0.2) is 4.98 Å². The molecule has 21 heavy (non-hydrogen) atoms. The molecule has 0 fully saturated rings. The minimum absolute atomic E-state index is 0.292. The highest BCUT2D eigenvalue weighted by molar-refractivity contribution is 7.09. The van der Waals surface area contributed by atoms with Crippen LogP contribution in [-0.4, -0.2) is 18.6 Å². The summed E-state index contributed by atoms with van der Waals surface area (Å²) < 4.78 is 5.71. The molecule has 2 rings (SSSR count). The third kappa shape index (κ3) is 4.83. The fraction of sp³-hybridized carbons (Fsp3) is 0.471. The van der Waals surface area contributed by atoms with E-state index in [1.165, 1.54) is 10.6 Å². The Labute approximate surface area is 131 Å². The third-order valence-corrected chi connectivity index (χ3v) is 4.43. The summed E-state index contributed by atoms with van der Waals surface area (Å²) in [6.07, 6.45) is 3.18. The Kier molecular flexibility index (Phi) is 6.21. The molecule has 1 unspecified atom stereocenters. The lowest BCUT2D eigenvalue weighted by Gasteiger charge is -2.16. The highest BCUT2D eigenvalue weighted by Gasteiger charge is 2.12. The van der Waals surface area contributed by atoms with Crippen LogP contribution in [0.15, 0.2) is 29.6 Å². The molecule has 1 aromatic carbocycles. The molecule has 114 valence electrons. The van der Waals surface area contributed by atoms with Crippen LogP contribution in [0.4, 0.5) is 0 Å². The molecule has 0 aliphatic rings. The number of unbranched alkanes of at least 4 members (excludes halogenated alkanes) is 1. The lowest BCUT2D eigenvalue weighted by atomic mass is 10.0. The molecule has 1 N–H and O–H groups in total. The number of nitrogens with zero attached hydrogens (tertiary/aromatic N) is 1. The maximum Gasteiger partial charge on any atom is 0.119 e. The van der Waals surface area contributed by atoms with Crippen LogP contribution in [0.5, 0.6) is 5.75 Å². The number of rotatable bonds is 8. The zero-order chi connectivity index (χ0) is 15.1. The van der Waals surface area contributed by atoms with E-state index in [-0.39, 0.29) is 0 Å². The molecular weight excluding hydrogens is 280 g/mol. The van der Waals surface area contributed by atoms with Gasteiger partial charge in [0.05, 0.1) is 11.6 Å². The Balaban J connectivity index is 1.98. The van der Waals surface area contributed by atoms with E-state index in [1.807, 2.05) is 14.0 Å². The van der Waals surface area contributed by atoms with E-state index in [2.05, 4.69) is 46.9 Å². The summed E-state index contributed by atoms with van der Waals surface area (Å²) in [5, 5.41) is 6.65. The number of nitrogens with one attached hydrogen (secondary N) is 1. The summed E-state index contributed by atoms with van der Waals surface area (Å²) in [5.41, 5.74) is 2.37. The van der Waals surface area contributed by atoms with E-state index >= 15 is 0 Å². The normalized spacial score (nSPS) is 12.3. The summed E-state index contributed by atoms with van der Waals surface area (Å²) in [4.78, 5) is 4.55. The number of hydrogen-bond donors (Lipinski definition) is 1. The summed E-state index contributed by atoms with van der Waals surface area (Å²) >= 11 is 1.73. The van der Waals surface area contributed by atoms with Gasteiger partial charge >= 0.3 is 0 Å². The van der Waals surface area contributed by atoms with Crippen LogP contribution in [-0.2, 0) is 6.42 Å². The average Bonchev–Trinajstić information content (AvgIpc) is 2.91. The molecule has 4 heteroatoms. The van der Waals surface area contributed by atoms with Gasteiger partial charge in [-0.3, -0.25) is 0 Å². The number of thiazole rings is 1. The number of aromatic nitrogens is 1. The minimum Gasteiger partial charge on any atom is -0.494 e. The summed E-state index contributed by atoms with van der Waals surface area (Å²) in [6.45, 7) is 5.00. The number of hydrogen-bond acceptors (Lipinski definition) is 4. The van der Waals surface area contributed by atoms with E-state index in [1.54, 1.807) is 11.3 Å². The van der Waals surface area contributed by atoms with Gasteiger partial charge in [0.15, 0.2) is 0 Å². The van der Waals surface area contributed by atoms with E-state index < -0.39 is 0 Å². The number of likely N-dealkylation sites (N-methyl/N-ethyl adjacent to an activating group) is 1. The molecule has 3 nitrogen and oxygen atoms in total. The van der Waals surface area contributed by atoms with Crippen LogP contribution in [0.2, 0.25) is 0 Å². The largest absolute Gasteiger partial charge is 0.494 e. The number of benzene rings is 1. The predicted octanol–water partition coefficient (Wildman–Crippen LogP) is 4.13. The molecule has 1 atom stereocenters. The second-order valence-electron chi connectivity index (χ2n) is 5.20. The van der Waals surface area contributed by atoms with Crippen molar-refractivity contribution in [2.75, 3.05) is 13.7 Å². The van der Waals surface area contributed by atoms with Crippen molar-refractivity contribution in [2.45, 2.75) is 39.2 Å².